The molecule has 0 aromatic heterocycles. The Morgan fingerprint density at radius 2 is 1.43 bits per heavy atom. The highest BCUT2D eigenvalue weighted by Gasteiger charge is 2.29. The van der Waals surface area contributed by atoms with Crippen LogP contribution in [0.15, 0.2) is 42.5 Å². The Balaban J connectivity index is 2.53. The van der Waals surface area contributed by atoms with Gasteiger partial charge in [0.1, 0.15) is 11.4 Å². The van der Waals surface area contributed by atoms with Crippen LogP contribution in [0.4, 0.5) is 0 Å². The first-order valence-electron chi connectivity index (χ1n) is 6.63. The number of hydrogen-bond acceptors (Lipinski definition) is 4. The molecule has 0 saturated heterocycles. The molecule has 21 heavy (non-hydrogen) atoms. The Morgan fingerprint density at radius 1 is 0.810 bits per heavy atom. The van der Waals surface area contributed by atoms with Crippen LogP contribution in [-0.4, -0.2) is 26.4 Å². The number of methoxy groups -OCH3 is 3. The third-order valence-corrected chi connectivity index (χ3v) is 3.58. The molecular weight excluding hydrogens is 268 g/mol. The zero-order chi connectivity index (χ0) is 15.5. The summed E-state index contributed by atoms with van der Waals surface area (Å²) in [5.74, 6) is 1.83. The van der Waals surface area contributed by atoms with E-state index in [4.69, 9.17) is 14.2 Å². The van der Waals surface area contributed by atoms with Gasteiger partial charge in [0.05, 0.1) is 21.3 Å². The van der Waals surface area contributed by atoms with E-state index >= 15 is 0 Å². The number of para-hydroxylation sites is 1. The average Bonchev–Trinajstić information content (AvgIpc) is 2.53. The van der Waals surface area contributed by atoms with Gasteiger partial charge in [-0.1, -0.05) is 24.3 Å². The maximum atomic E-state index is 11.0. The van der Waals surface area contributed by atoms with Crippen molar-refractivity contribution in [1.82, 2.24) is 0 Å². The van der Waals surface area contributed by atoms with Gasteiger partial charge in [0.15, 0.2) is 11.5 Å². The summed E-state index contributed by atoms with van der Waals surface area (Å²) in [5, 5.41) is 11.0. The zero-order valence-electron chi connectivity index (χ0n) is 12.7. The van der Waals surface area contributed by atoms with Crippen molar-refractivity contribution < 1.29 is 19.3 Å². The highest BCUT2D eigenvalue weighted by atomic mass is 16.5. The SMILES string of the molecule is COc1ccc(C(C)(O)c2ccccc2OC)cc1OC. The summed E-state index contributed by atoms with van der Waals surface area (Å²) < 4.78 is 15.9. The van der Waals surface area contributed by atoms with Gasteiger partial charge in [0.25, 0.3) is 0 Å². The van der Waals surface area contributed by atoms with E-state index in [0.29, 0.717) is 28.4 Å². The van der Waals surface area contributed by atoms with E-state index in [0.717, 1.165) is 0 Å². The molecule has 0 aliphatic heterocycles. The fourth-order valence-corrected chi connectivity index (χ4v) is 2.34. The Morgan fingerprint density at radius 3 is 2.05 bits per heavy atom. The van der Waals surface area contributed by atoms with Gasteiger partial charge in [-0.3, -0.25) is 0 Å². The van der Waals surface area contributed by atoms with Gasteiger partial charge in [-0.2, -0.15) is 0 Å². The lowest BCUT2D eigenvalue weighted by Gasteiger charge is -2.27. The average molecular weight is 288 g/mol. The molecule has 1 N–H and O–H groups in total. The predicted molar refractivity (Wildman–Crippen MR) is 81.2 cm³/mol. The van der Waals surface area contributed by atoms with Crippen LogP contribution in [0.3, 0.4) is 0 Å². The topological polar surface area (TPSA) is 47.9 Å². The fraction of sp³-hybridized carbons (Fsp3) is 0.294. The molecule has 0 saturated carbocycles. The van der Waals surface area contributed by atoms with E-state index in [-0.39, 0.29) is 0 Å². The van der Waals surface area contributed by atoms with Crippen molar-refractivity contribution in [2.75, 3.05) is 21.3 Å². The minimum atomic E-state index is -1.20. The highest BCUT2D eigenvalue weighted by molar-refractivity contribution is 5.49. The molecule has 2 aromatic carbocycles. The van der Waals surface area contributed by atoms with Crippen molar-refractivity contribution in [1.29, 1.82) is 0 Å². The molecule has 0 aliphatic rings. The summed E-state index contributed by atoms with van der Waals surface area (Å²) in [6.45, 7) is 1.73. The first kappa shape index (κ1) is 15.2. The van der Waals surface area contributed by atoms with Crippen LogP contribution in [0.25, 0.3) is 0 Å². The minimum absolute atomic E-state index is 0.574. The third-order valence-electron chi connectivity index (χ3n) is 3.58. The fourth-order valence-electron chi connectivity index (χ4n) is 2.34. The van der Waals surface area contributed by atoms with E-state index in [1.54, 1.807) is 40.4 Å². The molecule has 0 bridgehead atoms. The summed E-state index contributed by atoms with van der Waals surface area (Å²) >= 11 is 0. The molecule has 0 fully saturated rings. The van der Waals surface area contributed by atoms with Crippen LogP contribution in [0, 0.1) is 0 Å². The summed E-state index contributed by atoms with van der Waals surface area (Å²) in [6.07, 6.45) is 0. The van der Waals surface area contributed by atoms with Crippen molar-refractivity contribution in [2.45, 2.75) is 12.5 Å². The van der Waals surface area contributed by atoms with E-state index in [1.165, 1.54) is 0 Å². The molecule has 0 heterocycles. The van der Waals surface area contributed by atoms with Crippen molar-refractivity contribution in [3.63, 3.8) is 0 Å². The second-order valence-corrected chi connectivity index (χ2v) is 4.84. The van der Waals surface area contributed by atoms with Gasteiger partial charge in [-0.15, -0.1) is 0 Å². The van der Waals surface area contributed by atoms with Gasteiger partial charge >= 0.3 is 0 Å². The molecule has 1 atom stereocenters. The Kier molecular flexibility index (Phi) is 4.38. The largest absolute Gasteiger partial charge is 0.496 e. The molecule has 2 aromatic rings. The van der Waals surface area contributed by atoms with Crippen molar-refractivity contribution in [3.05, 3.63) is 53.6 Å². The predicted octanol–water partition coefficient (Wildman–Crippen LogP) is 2.97. The van der Waals surface area contributed by atoms with Gasteiger partial charge < -0.3 is 19.3 Å². The monoisotopic (exact) mass is 288 g/mol. The highest BCUT2D eigenvalue weighted by Crippen LogP contribution is 2.38. The van der Waals surface area contributed by atoms with Crippen LogP contribution in [-0.2, 0) is 5.60 Å². The molecular formula is C17H20O4. The lowest BCUT2D eigenvalue weighted by molar-refractivity contribution is 0.0986. The summed E-state index contributed by atoms with van der Waals surface area (Å²) in [5.41, 5.74) is 0.191. The summed E-state index contributed by atoms with van der Waals surface area (Å²) in [4.78, 5) is 0. The normalized spacial score (nSPS) is 13.4. The Bertz CT molecular complexity index is 620. The lowest BCUT2D eigenvalue weighted by Crippen LogP contribution is -2.23. The standard InChI is InChI=1S/C17H20O4/c1-17(18,13-7-5-6-8-14(13)19-2)12-9-10-15(20-3)16(11-12)21-4/h5-11,18H,1-4H3. The van der Waals surface area contributed by atoms with Gasteiger partial charge in [-0.25, -0.2) is 0 Å². The van der Waals surface area contributed by atoms with E-state index < -0.39 is 5.60 Å². The molecule has 1 unspecified atom stereocenters. The maximum absolute atomic E-state index is 11.0. The first-order valence-corrected chi connectivity index (χ1v) is 6.63. The Hall–Kier alpha value is -2.20. The van der Waals surface area contributed by atoms with Crippen LogP contribution < -0.4 is 14.2 Å². The number of aliphatic hydroxyl groups is 1. The number of benzene rings is 2. The summed E-state index contributed by atoms with van der Waals surface area (Å²) in [6, 6.07) is 12.8. The number of ether oxygens (including phenoxy) is 3. The zero-order valence-corrected chi connectivity index (χ0v) is 12.7. The molecule has 112 valence electrons. The van der Waals surface area contributed by atoms with Crippen LogP contribution in [0.2, 0.25) is 0 Å². The van der Waals surface area contributed by atoms with Gasteiger partial charge in [0, 0.05) is 5.56 Å². The first-order chi connectivity index (χ1) is 10.0. The smallest absolute Gasteiger partial charge is 0.161 e. The molecule has 0 radical (unpaired) electrons. The van der Waals surface area contributed by atoms with Gasteiger partial charge in [0.2, 0.25) is 0 Å². The second-order valence-electron chi connectivity index (χ2n) is 4.84. The van der Waals surface area contributed by atoms with E-state index in [1.807, 2.05) is 30.3 Å². The van der Waals surface area contributed by atoms with Crippen molar-refractivity contribution in [3.8, 4) is 17.2 Å². The number of rotatable bonds is 5. The Labute approximate surface area is 124 Å². The molecule has 0 aliphatic carbocycles. The molecule has 4 heteroatoms. The number of hydrogen-bond donors (Lipinski definition) is 1. The van der Waals surface area contributed by atoms with Crippen LogP contribution in [0.5, 0.6) is 17.2 Å². The van der Waals surface area contributed by atoms with Gasteiger partial charge in [-0.05, 0) is 30.7 Å². The lowest BCUT2D eigenvalue weighted by atomic mass is 9.87. The minimum Gasteiger partial charge on any atom is -0.496 e. The van der Waals surface area contributed by atoms with E-state index in [2.05, 4.69) is 0 Å². The summed E-state index contributed by atoms with van der Waals surface area (Å²) in [7, 11) is 4.73. The van der Waals surface area contributed by atoms with Crippen LogP contribution in [0.1, 0.15) is 18.1 Å². The maximum Gasteiger partial charge on any atom is 0.161 e. The molecule has 0 spiro atoms. The third kappa shape index (κ3) is 2.81. The molecule has 0 amide bonds. The second kappa shape index (κ2) is 6.06. The molecule has 2 rings (SSSR count). The van der Waals surface area contributed by atoms with Crippen LogP contribution >= 0.6 is 0 Å². The van der Waals surface area contributed by atoms with E-state index in [9.17, 15) is 5.11 Å². The van der Waals surface area contributed by atoms with Crippen molar-refractivity contribution in [2.24, 2.45) is 0 Å². The molecule has 4 nitrogen and oxygen atoms in total. The quantitative estimate of drug-likeness (QED) is 0.919. The van der Waals surface area contributed by atoms with Crippen molar-refractivity contribution >= 4 is 0 Å².